The van der Waals surface area contributed by atoms with Crippen molar-refractivity contribution in [3.63, 3.8) is 0 Å². The summed E-state index contributed by atoms with van der Waals surface area (Å²) in [6.45, 7) is 0.298. The Morgan fingerprint density at radius 2 is 1.64 bits per heavy atom. The number of ether oxygens (including phenoxy) is 1. The summed E-state index contributed by atoms with van der Waals surface area (Å²) in [7, 11) is 0. The van der Waals surface area contributed by atoms with Gasteiger partial charge in [0.15, 0.2) is 0 Å². The van der Waals surface area contributed by atoms with Crippen LogP contribution in [-0.4, -0.2) is 5.97 Å². The number of halogens is 1. The number of nitriles is 1. The zero-order valence-corrected chi connectivity index (χ0v) is 15.5. The Bertz CT molecular complexity index is 1070. The second-order valence-corrected chi connectivity index (χ2v) is 6.36. The summed E-state index contributed by atoms with van der Waals surface area (Å²) in [5.74, 6) is -0.645. The van der Waals surface area contributed by atoms with Crippen molar-refractivity contribution in [3.05, 3.63) is 100 Å². The molecular weight excluding hydrogens is 374 g/mol. The zero-order chi connectivity index (χ0) is 19.9. The number of carboxylic acids is 1. The highest BCUT2D eigenvalue weighted by Gasteiger charge is 2.07. The zero-order valence-electron chi connectivity index (χ0n) is 14.8. The van der Waals surface area contributed by atoms with Gasteiger partial charge in [0, 0.05) is 16.1 Å². The number of hydrogen-bond acceptors (Lipinski definition) is 4. The molecule has 0 bridgehead atoms. The lowest BCUT2D eigenvalue weighted by Crippen LogP contribution is -2.21. The van der Waals surface area contributed by atoms with Crippen LogP contribution in [0, 0.1) is 11.3 Å². The number of carbonyl (C=O) groups is 1. The average molecular weight is 389 g/mol. The summed E-state index contributed by atoms with van der Waals surface area (Å²) in [6.07, 6.45) is 1.70. The molecule has 0 amide bonds. The van der Waals surface area contributed by atoms with E-state index in [0.29, 0.717) is 28.5 Å². The number of allylic oxidation sites excluding steroid dienone is 1. The van der Waals surface area contributed by atoms with E-state index in [1.807, 2.05) is 42.5 Å². The molecule has 3 aromatic rings. The Labute approximate surface area is 167 Å². The lowest BCUT2D eigenvalue weighted by atomic mass is 10.0. The van der Waals surface area contributed by atoms with Crippen LogP contribution in [0.2, 0.25) is 5.02 Å². The molecule has 0 unspecified atom stereocenters. The lowest BCUT2D eigenvalue weighted by Gasteiger charge is -2.11. The standard InChI is InChI=1S/C23H16ClNO3/c24-21-7-3-1-6-19(21)15-28-22-8-4-2-5-18(22)13-20(14-25)16-9-11-17(12-10-16)23(26)27/h1-13H,15H2,(H,26,27)/p-1/b20-13+. The largest absolute Gasteiger partial charge is 0.545 e. The van der Waals surface area contributed by atoms with Gasteiger partial charge in [-0.1, -0.05) is 72.3 Å². The van der Waals surface area contributed by atoms with Crippen molar-refractivity contribution in [2.75, 3.05) is 0 Å². The molecule has 3 aromatic carbocycles. The predicted molar refractivity (Wildman–Crippen MR) is 106 cm³/mol. The van der Waals surface area contributed by atoms with Crippen molar-refractivity contribution in [1.29, 1.82) is 5.26 Å². The first-order chi connectivity index (χ1) is 13.6. The Kier molecular flexibility index (Phi) is 6.11. The summed E-state index contributed by atoms with van der Waals surface area (Å²) in [5, 5.41) is 21.1. The van der Waals surface area contributed by atoms with Crippen LogP contribution in [0.15, 0.2) is 72.8 Å². The quantitative estimate of drug-likeness (QED) is 0.465. The van der Waals surface area contributed by atoms with Gasteiger partial charge in [-0.2, -0.15) is 5.26 Å². The first-order valence-corrected chi connectivity index (χ1v) is 8.85. The minimum absolute atomic E-state index is 0.0597. The number of carboxylic acid groups (broad SMARTS) is 1. The molecule has 0 heterocycles. The molecule has 0 atom stereocenters. The summed E-state index contributed by atoms with van der Waals surface area (Å²) < 4.78 is 5.91. The maximum absolute atomic E-state index is 10.9. The van der Waals surface area contributed by atoms with Gasteiger partial charge in [-0.05, 0) is 29.3 Å². The van der Waals surface area contributed by atoms with Crippen molar-refractivity contribution in [3.8, 4) is 11.8 Å². The summed E-state index contributed by atoms with van der Waals surface area (Å²) in [6, 6.07) is 22.9. The van der Waals surface area contributed by atoms with Crippen LogP contribution < -0.4 is 9.84 Å². The molecule has 5 heteroatoms. The molecule has 138 valence electrons. The normalized spacial score (nSPS) is 10.9. The maximum Gasteiger partial charge on any atom is 0.127 e. The van der Waals surface area contributed by atoms with E-state index in [1.54, 1.807) is 24.3 Å². The number of hydrogen-bond donors (Lipinski definition) is 0. The molecule has 0 spiro atoms. The number of benzene rings is 3. The van der Waals surface area contributed by atoms with E-state index < -0.39 is 5.97 Å². The fraction of sp³-hybridized carbons (Fsp3) is 0.0435. The molecule has 28 heavy (non-hydrogen) atoms. The molecule has 0 saturated heterocycles. The van der Waals surface area contributed by atoms with Crippen LogP contribution in [0.3, 0.4) is 0 Å². The van der Waals surface area contributed by atoms with Gasteiger partial charge in [0.05, 0.1) is 17.6 Å². The Morgan fingerprint density at radius 3 is 2.32 bits per heavy atom. The predicted octanol–water partition coefficient (Wildman–Crippen LogP) is 4.35. The van der Waals surface area contributed by atoms with Crippen LogP contribution in [0.5, 0.6) is 5.75 Å². The average Bonchev–Trinajstić information content (AvgIpc) is 2.72. The highest BCUT2D eigenvalue weighted by molar-refractivity contribution is 6.31. The van der Waals surface area contributed by atoms with Gasteiger partial charge in [-0.25, -0.2) is 0 Å². The molecule has 0 radical (unpaired) electrons. The Balaban J connectivity index is 1.87. The van der Waals surface area contributed by atoms with Crippen LogP contribution in [-0.2, 0) is 6.61 Å². The molecular formula is C23H15ClNO3-. The van der Waals surface area contributed by atoms with Crippen molar-refractivity contribution < 1.29 is 14.6 Å². The van der Waals surface area contributed by atoms with E-state index in [1.165, 1.54) is 12.1 Å². The van der Waals surface area contributed by atoms with E-state index in [2.05, 4.69) is 6.07 Å². The first-order valence-electron chi connectivity index (χ1n) is 8.47. The molecule has 0 aliphatic rings. The Morgan fingerprint density at radius 1 is 1.00 bits per heavy atom. The summed E-state index contributed by atoms with van der Waals surface area (Å²) in [5.41, 5.74) is 2.65. The van der Waals surface area contributed by atoms with Gasteiger partial charge in [-0.15, -0.1) is 0 Å². The maximum atomic E-state index is 10.9. The molecule has 0 aromatic heterocycles. The van der Waals surface area contributed by atoms with E-state index in [0.717, 1.165) is 11.1 Å². The van der Waals surface area contributed by atoms with Crippen molar-refractivity contribution in [1.82, 2.24) is 0 Å². The number of aromatic carboxylic acids is 1. The number of para-hydroxylation sites is 1. The minimum atomic E-state index is -1.26. The van der Waals surface area contributed by atoms with E-state index in [-0.39, 0.29) is 5.56 Å². The van der Waals surface area contributed by atoms with Crippen molar-refractivity contribution in [2.45, 2.75) is 6.61 Å². The third-order valence-electron chi connectivity index (χ3n) is 4.11. The van der Waals surface area contributed by atoms with Gasteiger partial charge >= 0.3 is 0 Å². The summed E-state index contributed by atoms with van der Waals surface area (Å²) in [4.78, 5) is 10.9. The number of nitrogens with zero attached hydrogens (tertiary/aromatic N) is 1. The first kappa shape index (κ1) is 19.2. The molecule has 0 saturated carbocycles. The second-order valence-electron chi connectivity index (χ2n) is 5.95. The van der Waals surface area contributed by atoms with Gasteiger partial charge in [0.25, 0.3) is 0 Å². The van der Waals surface area contributed by atoms with E-state index in [4.69, 9.17) is 16.3 Å². The van der Waals surface area contributed by atoms with Crippen LogP contribution in [0.25, 0.3) is 11.6 Å². The molecule has 0 aliphatic carbocycles. The summed E-state index contributed by atoms with van der Waals surface area (Å²) >= 11 is 6.17. The molecule has 4 nitrogen and oxygen atoms in total. The fourth-order valence-electron chi connectivity index (χ4n) is 2.62. The molecule has 3 rings (SSSR count). The highest BCUT2D eigenvalue weighted by Crippen LogP contribution is 2.26. The molecule has 0 aliphatic heterocycles. The van der Waals surface area contributed by atoms with Gasteiger partial charge in [-0.3, -0.25) is 0 Å². The molecule has 0 fully saturated rings. The van der Waals surface area contributed by atoms with E-state index in [9.17, 15) is 15.2 Å². The van der Waals surface area contributed by atoms with Crippen molar-refractivity contribution >= 4 is 29.2 Å². The lowest BCUT2D eigenvalue weighted by molar-refractivity contribution is -0.255. The molecule has 0 N–H and O–H groups in total. The fourth-order valence-corrected chi connectivity index (χ4v) is 2.81. The van der Waals surface area contributed by atoms with Crippen LogP contribution in [0.1, 0.15) is 27.0 Å². The third-order valence-corrected chi connectivity index (χ3v) is 4.48. The van der Waals surface area contributed by atoms with Crippen LogP contribution >= 0.6 is 11.6 Å². The minimum Gasteiger partial charge on any atom is -0.545 e. The van der Waals surface area contributed by atoms with Gasteiger partial charge < -0.3 is 14.6 Å². The second kappa shape index (κ2) is 8.90. The van der Waals surface area contributed by atoms with E-state index >= 15 is 0 Å². The Hall–Kier alpha value is -3.55. The number of carbonyl (C=O) groups excluding carboxylic acids is 1. The van der Waals surface area contributed by atoms with Crippen molar-refractivity contribution in [2.24, 2.45) is 0 Å². The van der Waals surface area contributed by atoms with Gasteiger partial charge in [0.2, 0.25) is 0 Å². The van der Waals surface area contributed by atoms with Gasteiger partial charge in [0.1, 0.15) is 12.4 Å². The highest BCUT2D eigenvalue weighted by atomic mass is 35.5. The van der Waals surface area contributed by atoms with Crippen LogP contribution in [0.4, 0.5) is 0 Å². The smallest absolute Gasteiger partial charge is 0.127 e. The SMILES string of the molecule is N#C/C(=C\c1ccccc1OCc1ccccc1Cl)c1ccc(C(=O)[O-])cc1. The third kappa shape index (κ3) is 4.59. The topological polar surface area (TPSA) is 73.1 Å². The monoisotopic (exact) mass is 388 g/mol. The number of rotatable bonds is 6.